The first kappa shape index (κ1) is 11.6. The van der Waals surface area contributed by atoms with Crippen molar-refractivity contribution in [3.8, 4) is 0 Å². The van der Waals surface area contributed by atoms with Crippen LogP contribution < -0.4 is 5.43 Å². The van der Waals surface area contributed by atoms with E-state index in [0.717, 1.165) is 6.42 Å². The summed E-state index contributed by atoms with van der Waals surface area (Å²) >= 11 is 0. The highest BCUT2D eigenvalue weighted by atomic mass is 16.5. The highest BCUT2D eigenvalue weighted by Crippen LogP contribution is 2.23. The van der Waals surface area contributed by atoms with Gasteiger partial charge in [0, 0.05) is 26.0 Å². The van der Waals surface area contributed by atoms with Crippen molar-refractivity contribution in [2.45, 2.75) is 39.5 Å². The maximum absolute atomic E-state index is 11.9. The summed E-state index contributed by atoms with van der Waals surface area (Å²) in [4.78, 5) is 11.9. The Bertz CT molecular complexity index is 223. The molecule has 4 heteroatoms. The molecule has 0 amide bonds. The Labute approximate surface area is 85.6 Å². The van der Waals surface area contributed by atoms with E-state index in [1.807, 2.05) is 32.8 Å². The molecule has 0 aliphatic carbocycles. The Hall–Kier alpha value is -0.450. The van der Waals surface area contributed by atoms with Crippen molar-refractivity contribution in [3.05, 3.63) is 0 Å². The standard InChI is InChI=1S/C10H20N2O2/c1-10(2,3)9(13)7-6-8(14-5)12(4)11-7/h7-8,11H,6H2,1-5H3. The smallest absolute Gasteiger partial charge is 0.156 e. The fraction of sp³-hybridized carbons (Fsp3) is 0.900. The summed E-state index contributed by atoms with van der Waals surface area (Å²) in [6, 6.07) is -0.107. The van der Waals surface area contributed by atoms with Crippen molar-refractivity contribution in [3.63, 3.8) is 0 Å². The molecular formula is C10H20N2O2. The molecule has 1 heterocycles. The molecule has 1 saturated heterocycles. The zero-order valence-corrected chi connectivity index (χ0v) is 9.63. The van der Waals surface area contributed by atoms with Gasteiger partial charge in [0.1, 0.15) is 6.23 Å². The molecule has 2 atom stereocenters. The van der Waals surface area contributed by atoms with Crippen LogP contribution in [0.25, 0.3) is 0 Å². The van der Waals surface area contributed by atoms with Crippen molar-refractivity contribution in [1.82, 2.24) is 10.4 Å². The van der Waals surface area contributed by atoms with Crippen LogP contribution in [0.4, 0.5) is 0 Å². The zero-order chi connectivity index (χ0) is 10.9. The topological polar surface area (TPSA) is 41.6 Å². The van der Waals surface area contributed by atoms with Gasteiger partial charge in [0.05, 0.1) is 6.04 Å². The van der Waals surface area contributed by atoms with E-state index >= 15 is 0 Å². The van der Waals surface area contributed by atoms with Crippen LogP contribution in [0, 0.1) is 5.41 Å². The molecule has 0 bridgehead atoms. The lowest BCUT2D eigenvalue weighted by molar-refractivity contribution is -0.128. The molecule has 0 radical (unpaired) electrons. The first-order valence-corrected chi connectivity index (χ1v) is 4.92. The lowest BCUT2D eigenvalue weighted by Gasteiger charge is -2.21. The van der Waals surface area contributed by atoms with E-state index in [0.29, 0.717) is 0 Å². The van der Waals surface area contributed by atoms with E-state index in [9.17, 15) is 4.79 Å². The molecule has 2 unspecified atom stereocenters. The van der Waals surface area contributed by atoms with Gasteiger partial charge in [-0.25, -0.2) is 10.4 Å². The minimum atomic E-state index is -0.291. The Balaban J connectivity index is 2.62. The van der Waals surface area contributed by atoms with Gasteiger partial charge in [-0.3, -0.25) is 4.79 Å². The number of hydrazine groups is 1. The van der Waals surface area contributed by atoms with Gasteiger partial charge in [-0.15, -0.1) is 0 Å². The van der Waals surface area contributed by atoms with Gasteiger partial charge < -0.3 is 4.74 Å². The second-order valence-electron chi connectivity index (χ2n) is 4.83. The fourth-order valence-electron chi connectivity index (χ4n) is 1.68. The molecule has 0 aromatic heterocycles. The third-order valence-electron chi connectivity index (χ3n) is 2.56. The molecule has 0 aromatic rings. The predicted octanol–water partition coefficient (Wildman–Crippen LogP) is 0.783. The molecule has 0 spiro atoms. The van der Waals surface area contributed by atoms with E-state index in [1.165, 1.54) is 0 Å². The third-order valence-corrected chi connectivity index (χ3v) is 2.56. The van der Waals surface area contributed by atoms with Gasteiger partial charge >= 0.3 is 0 Å². The van der Waals surface area contributed by atoms with Gasteiger partial charge in [-0.05, 0) is 0 Å². The summed E-state index contributed by atoms with van der Waals surface area (Å²) in [5.74, 6) is 0.240. The molecule has 0 saturated carbocycles. The first-order chi connectivity index (χ1) is 6.36. The normalized spacial score (nSPS) is 29.5. The van der Waals surface area contributed by atoms with Crippen molar-refractivity contribution in [1.29, 1.82) is 0 Å². The van der Waals surface area contributed by atoms with Crippen LogP contribution in [0.1, 0.15) is 27.2 Å². The van der Waals surface area contributed by atoms with Gasteiger partial charge in [0.15, 0.2) is 5.78 Å². The summed E-state index contributed by atoms with van der Waals surface area (Å²) in [5, 5.41) is 1.86. The lowest BCUT2D eigenvalue weighted by Crippen LogP contribution is -2.43. The minimum Gasteiger partial charge on any atom is -0.365 e. The van der Waals surface area contributed by atoms with Crippen molar-refractivity contribution >= 4 is 5.78 Å². The number of carbonyl (C=O) groups excluding carboxylic acids is 1. The molecular weight excluding hydrogens is 180 g/mol. The van der Waals surface area contributed by atoms with Gasteiger partial charge in [0.2, 0.25) is 0 Å². The number of hydrogen-bond acceptors (Lipinski definition) is 4. The summed E-state index contributed by atoms with van der Waals surface area (Å²) in [7, 11) is 3.55. The van der Waals surface area contributed by atoms with Crippen molar-refractivity contribution in [2.24, 2.45) is 5.41 Å². The molecule has 14 heavy (non-hydrogen) atoms. The number of carbonyl (C=O) groups is 1. The van der Waals surface area contributed by atoms with E-state index in [2.05, 4.69) is 5.43 Å². The Kier molecular flexibility index (Phi) is 3.29. The van der Waals surface area contributed by atoms with E-state index in [-0.39, 0.29) is 23.5 Å². The first-order valence-electron chi connectivity index (χ1n) is 4.92. The van der Waals surface area contributed by atoms with Crippen LogP contribution in [0.2, 0.25) is 0 Å². The summed E-state index contributed by atoms with van der Waals surface area (Å²) in [6.07, 6.45) is 0.731. The van der Waals surface area contributed by atoms with Gasteiger partial charge in [-0.1, -0.05) is 20.8 Å². The van der Waals surface area contributed by atoms with Gasteiger partial charge in [0.25, 0.3) is 0 Å². The predicted molar refractivity (Wildman–Crippen MR) is 54.6 cm³/mol. The number of rotatable bonds is 2. The van der Waals surface area contributed by atoms with E-state index in [1.54, 1.807) is 7.11 Å². The van der Waals surface area contributed by atoms with Crippen LogP contribution in [-0.4, -0.2) is 37.2 Å². The largest absolute Gasteiger partial charge is 0.365 e. The number of ether oxygens (including phenoxy) is 1. The fourth-order valence-corrected chi connectivity index (χ4v) is 1.68. The van der Waals surface area contributed by atoms with Crippen LogP contribution in [-0.2, 0) is 9.53 Å². The number of hydrogen-bond donors (Lipinski definition) is 1. The maximum Gasteiger partial charge on any atom is 0.156 e. The Morgan fingerprint density at radius 2 is 2.07 bits per heavy atom. The Morgan fingerprint density at radius 1 is 1.50 bits per heavy atom. The number of nitrogens with one attached hydrogen (secondary N) is 1. The van der Waals surface area contributed by atoms with Crippen molar-refractivity contribution in [2.75, 3.05) is 14.2 Å². The Morgan fingerprint density at radius 3 is 2.43 bits per heavy atom. The average molecular weight is 200 g/mol. The molecule has 0 aromatic carbocycles. The molecule has 1 N–H and O–H groups in total. The van der Waals surface area contributed by atoms with E-state index < -0.39 is 0 Å². The molecule has 4 nitrogen and oxygen atoms in total. The maximum atomic E-state index is 11.9. The van der Waals surface area contributed by atoms with Crippen LogP contribution in [0.5, 0.6) is 0 Å². The summed E-state index contributed by atoms with van der Waals surface area (Å²) < 4.78 is 5.23. The lowest BCUT2D eigenvalue weighted by atomic mass is 9.86. The van der Waals surface area contributed by atoms with Gasteiger partial charge in [-0.2, -0.15) is 0 Å². The summed E-state index contributed by atoms with van der Waals surface area (Å²) in [5.41, 5.74) is 2.83. The molecule has 1 aliphatic rings. The number of nitrogens with zero attached hydrogens (tertiary/aromatic N) is 1. The monoisotopic (exact) mass is 200 g/mol. The number of ketones is 1. The van der Waals surface area contributed by atoms with Crippen molar-refractivity contribution < 1.29 is 9.53 Å². The summed E-state index contributed by atoms with van der Waals surface area (Å²) in [6.45, 7) is 5.82. The molecule has 82 valence electrons. The second kappa shape index (κ2) is 3.96. The minimum absolute atomic E-state index is 0.00583. The van der Waals surface area contributed by atoms with E-state index in [4.69, 9.17) is 4.74 Å². The van der Waals surface area contributed by atoms with Crippen LogP contribution in [0.15, 0.2) is 0 Å². The average Bonchev–Trinajstić information content (AvgIpc) is 2.43. The third kappa shape index (κ3) is 2.32. The second-order valence-corrected chi connectivity index (χ2v) is 4.83. The van der Waals surface area contributed by atoms with Crippen LogP contribution >= 0.6 is 0 Å². The van der Waals surface area contributed by atoms with Crippen LogP contribution in [0.3, 0.4) is 0 Å². The highest BCUT2D eigenvalue weighted by Gasteiger charge is 2.37. The molecule has 1 aliphatic heterocycles. The quantitative estimate of drug-likeness (QED) is 0.715. The molecule has 1 rings (SSSR count). The zero-order valence-electron chi connectivity index (χ0n) is 9.63. The number of methoxy groups -OCH3 is 1. The SMILES string of the molecule is COC1CC(C(=O)C(C)(C)C)NN1C. The molecule has 1 fully saturated rings. The number of Topliss-reactive ketones (excluding diaryl/α,β-unsaturated/α-hetero) is 1. The highest BCUT2D eigenvalue weighted by molar-refractivity contribution is 5.88.